The first-order chi connectivity index (χ1) is 7.26. The minimum atomic E-state index is -4.71. The third-order valence-corrected chi connectivity index (χ3v) is 1.32. The van der Waals surface area contributed by atoms with E-state index in [1.54, 1.807) is 0 Å². The number of aliphatic hydroxyl groups excluding tert-OH is 3. The summed E-state index contributed by atoms with van der Waals surface area (Å²) >= 11 is 0. The van der Waals surface area contributed by atoms with Crippen LogP contribution in [0.15, 0.2) is 0 Å². The second-order valence-electron chi connectivity index (χ2n) is 2.31. The minimum Gasteiger partial charge on any atom is -0.396 e. The van der Waals surface area contributed by atoms with Gasteiger partial charge in [0.15, 0.2) is 6.29 Å². The standard InChI is InChI=1S/C3H7O6P.C3H6O3/c4-2-1-3(5)9-10(6,7)8;4-1-3(6)2-5/h4H,1-2H2,(H2,6,7,8);1,3,5-6H,2H2. The van der Waals surface area contributed by atoms with Crippen LogP contribution in [0.1, 0.15) is 6.42 Å². The molecule has 0 aromatic rings. The quantitative estimate of drug-likeness (QED) is 0.266. The van der Waals surface area contributed by atoms with Gasteiger partial charge < -0.3 is 24.6 Å². The van der Waals surface area contributed by atoms with Gasteiger partial charge in [0.25, 0.3) is 0 Å². The number of phosphoric ester groups is 1. The molecule has 9 nitrogen and oxygen atoms in total. The molecule has 0 saturated heterocycles. The molecule has 0 aromatic carbocycles. The van der Waals surface area contributed by atoms with Gasteiger partial charge >= 0.3 is 13.8 Å². The first-order valence-electron chi connectivity index (χ1n) is 3.89. The van der Waals surface area contributed by atoms with E-state index in [0.717, 1.165) is 0 Å². The molecule has 0 aromatic heterocycles. The van der Waals surface area contributed by atoms with E-state index in [1.165, 1.54) is 0 Å². The number of hydrogen-bond donors (Lipinski definition) is 5. The maximum Gasteiger partial charge on any atom is 0.526 e. The lowest BCUT2D eigenvalue weighted by Gasteiger charge is -2.02. The zero-order valence-corrected chi connectivity index (χ0v) is 8.99. The van der Waals surface area contributed by atoms with Gasteiger partial charge in [-0.25, -0.2) is 4.57 Å². The number of aliphatic hydroxyl groups is 3. The largest absolute Gasteiger partial charge is 0.526 e. The van der Waals surface area contributed by atoms with Crippen molar-refractivity contribution in [2.24, 2.45) is 0 Å². The average Bonchev–Trinajstić information content (AvgIpc) is 2.15. The topological polar surface area (TPSA) is 162 Å². The van der Waals surface area contributed by atoms with E-state index in [4.69, 9.17) is 25.1 Å². The molecule has 0 rings (SSSR count). The van der Waals surface area contributed by atoms with Crippen molar-refractivity contribution in [1.82, 2.24) is 0 Å². The summed E-state index contributed by atoms with van der Waals surface area (Å²) in [4.78, 5) is 35.5. The van der Waals surface area contributed by atoms with E-state index in [9.17, 15) is 14.2 Å². The molecule has 0 aliphatic rings. The molecule has 1 unspecified atom stereocenters. The van der Waals surface area contributed by atoms with Gasteiger partial charge in [0.05, 0.1) is 19.6 Å². The molecule has 16 heavy (non-hydrogen) atoms. The fourth-order valence-corrected chi connectivity index (χ4v) is 0.669. The Morgan fingerprint density at radius 3 is 2.06 bits per heavy atom. The van der Waals surface area contributed by atoms with E-state index in [0.29, 0.717) is 0 Å². The van der Waals surface area contributed by atoms with E-state index in [2.05, 4.69) is 4.52 Å². The van der Waals surface area contributed by atoms with Crippen LogP contribution in [0.25, 0.3) is 0 Å². The zero-order chi connectivity index (χ0) is 13.2. The Bertz CT molecular complexity index is 246. The number of carbonyl (C=O) groups is 2. The van der Waals surface area contributed by atoms with Crippen LogP contribution in [0, 0.1) is 0 Å². The summed E-state index contributed by atoms with van der Waals surface area (Å²) in [5, 5.41) is 24.0. The van der Waals surface area contributed by atoms with Crippen molar-refractivity contribution in [3.05, 3.63) is 0 Å². The molecule has 1 atom stereocenters. The average molecular weight is 260 g/mol. The molecule has 0 fully saturated rings. The van der Waals surface area contributed by atoms with Gasteiger partial charge in [0.2, 0.25) is 0 Å². The maximum atomic E-state index is 10.2. The van der Waals surface area contributed by atoms with Crippen molar-refractivity contribution >= 4 is 20.1 Å². The number of carbonyl (C=O) groups excluding carboxylic acids is 2. The molecule has 96 valence electrons. The van der Waals surface area contributed by atoms with Crippen molar-refractivity contribution < 1.29 is 43.8 Å². The molecule has 5 N–H and O–H groups in total. The van der Waals surface area contributed by atoms with Gasteiger partial charge in [0.1, 0.15) is 6.10 Å². The van der Waals surface area contributed by atoms with Crippen LogP contribution < -0.4 is 0 Å². The first-order valence-corrected chi connectivity index (χ1v) is 5.43. The Morgan fingerprint density at radius 2 is 1.88 bits per heavy atom. The summed E-state index contributed by atoms with van der Waals surface area (Å²) in [5.74, 6) is -1.11. The summed E-state index contributed by atoms with van der Waals surface area (Å²) in [5.41, 5.74) is 0. The lowest BCUT2D eigenvalue weighted by atomic mass is 10.4. The van der Waals surface area contributed by atoms with E-state index in [-0.39, 0.29) is 6.29 Å². The Hall–Kier alpha value is -0.830. The van der Waals surface area contributed by atoms with Gasteiger partial charge in [-0.15, -0.1) is 0 Å². The maximum absolute atomic E-state index is 10.2. The Kier molecular flexibility index (Phi) is 10.3. The van der Waals surface area contributed by atoms with E-state index < -0.39 is 39.5 Å². The molecule has 0 bridgehead atoms. The fraction of sp³-hybridized carbons (Fsp3) is 0.667. The van der Waals surface area contributed by atoms with Crippen LogP contribution in [-0.4, -0.2) is 56.7 Å². The first kappa shape index (κ1) is 17.6. The monoisotopic (exact) mass is 260 g/mol. The highest BCUT2D eigenvalue weighted by Crippen LogP contribution is 2.35. The van der Waals surface area contributed by atoms with Crippen molar-refractivity contribution in [1.29, 1.82) is 0 Å². The number of rotatable bonds is 5. The lowest BCUT2D eigenvalue weighted by molar-refractivity contribution is -0.136. The van der Waals surface area contributed by atoms with Crippen LogP contribution in [0.3, 0.4) is 0 Å². The Morgan fingerprint density at radius 1 is 1.38 bits per heavy atom. The molecule has 0 amide bonds. The highest BCUT2D eigenvalue weighted by molar-refractivity contribution is 7.46. The van der Waals surface area contributed by atoms with Crippen molar-refractivity contribution in [2.75, 3.05) is 13.2 Å². The van der Waals surface area contributed by atoms with Gasteiger partial charge in [-0.2, -0.15) is 0 Å². The number of hydrogen-bond acceptors (Lipinski definition) is 7. The second-order valence-corrected chi connectivity index (χ2v) is 3.48. The predicted octanol–water partition coefficient (Wildman–Crippen LogP) is -2.46. The third-order valence-electron chi connectivity index (χ3n) is 0.881. The normalized spacial score (nSPS) is 12.1. The molecule has 0 aliphatic carbocycles. The van der Waals surface area contributed by atoms with Crippen LogP contribution in [0.4, 0.5) is 0 Å². The van der Waals surface area contributed by atoms with Crippen LogP contribution >= 0.6 is 7.82 Å². The van der Waals surface area contributed by atoms with Gasteiger partial charge in [-0.3, -0.25) is 14.6 Å². The van der Waals surface area contributed by atoms with Gasteiger partial charge in [-0.1, -0.05) is 0 Å². The summed E-state index contributed by atoms with van der Waals surface area (Å²) in [6, 6.07) is 0. The summed E-state index contributed by atoms with van der Waals surface area (Å²) < 4.78 is 13.4. The minimum absolute atomic E-state index is 0.278. The van der Waals surface area contributed by atoms with Gasteiger partial charge in [0, 0.05) is 0 Å². The van der Waals surface area contributed by atoms with Gasteiger partial charge in [-0.05, 0) is 0 Å². The SMILES string of the molecule is O=C(CCO)OP(=O)(O)O.O=CC(O)CO. The summed E-state index contributed by atoms with van der Waals surface area (Å²) in [6.07, 6.45) is -1.32. The summed E-state index contributed by atoms with van der Waals surface area (Å²) in [6.45, 7) is -0.970. The van der Waals surface area contributed by atoms with Crippen LogP contribution in [0.2, 0.25) is 0 Å². The highest BCUT2D eigenvalue weighted by Gasteiger charge is 2.19. The molecular weight excluding hydrogens is 247 g/mol. The van der Waals surface area contributed by atoms with Crippen molar-refractivity contribution in [3.8, 4) is 0 Å². The lowest BCUT2D eigenvalue weighted by Crippen LogP contribution is -2.12. The molecule has 0 radical (unpaired) electrons. The van der Waals surface area contributed by atoms with Crippen molar-refractivity contribution in [2.45, 2.75) is 12.5 Å². The second kappa shape index (κ2) is 9.40. The molecular formula is C6H13O9P. The summed E-state index contributed by atoms with van der Waals surface area (Å²) in [7, 11) is -4.71. The molecule has 0 spiro atoms. The molecule has 0 saturated carbocycles. The van der Waals surface area contributed by atoms with Crippen LogP contribution in [-0.2, 0) is 18.7 Å². The third kappa shape index (κ3) is 15.6. The molecule has 0 heterocycles. The van der Waals surface area contributed by atoms with Crippen LogP contribution in [0.5, 0.6) is 0 Å². The Labute approximate surface area is 90.5 Å². The molecule has 0 aliphatic heterocycles. The highest BCUT2D eigenvalue weighted by atomic mass is 31.2. The van der Waals surface area contributed by atoms with E-state index >= 15 is 0 Å². The number of phosphoric acid groups is 1. The Balaban J connectivity index is 0. The predicted molar refractivity (Wildman–Crippen MR) is 49.0 cm³/mol. The number of aldehydes is 1. The zero-order valence-electron chi connectivity index (χ0n) is 8.09. The fourth-order valence-electron chi connectivity index (χ4n) is 0.313. The van der Waals surface area contributed by atoms with Crippen molar-refractivity contribution in [3.63, 3.8) is 0 Å². The van der Waals surface area contributed by atoms with E-state index in [1.807, 2.05) is 0 Å². The molecule has 10 heteroatoms. The smallest absolute Gasteiger partial charge is 0.396 e.